The first-order valence-electron chi connectivity index (χ1n) is 5.66. The van der Waals surface area contributed by atoms with Gasteiger partial charge in [-0.15, -0.1) is 0 Å². The lowest BCUT2D eigenvalue weighted by molar-refractivity contribution is 0.430. The summed E-state index contributed by atoms with van der Waals surface area (Å²) in [6, 6.07) is 8.84. The highest BCUT2D eigenvalue weighted by Gasteiger charge is 2.12. The lowest BCUT2D eigenvalue weighted by Crippen LogP contribution is -2.08. The maximum atomic E-state index is 13.7. The van der Waals surface area contributed by atoms with E-state index in [2.05, 4.69) is 21.2 Å². The Balaban J connectivity index is 2.37. The molecule has 0 unspecified atom stereocenters. The Morgan fingerprint density at radius 1 is 1.11 bits per heavy atom. The Labute approximate surface area is 118 Å². The van der Waals surface area contributed by atoms with E-state index in [1.807, 2.05) is 0 Å². The fourth-order valence-corrected chi connectivity index (χ4v) is 2.00. The van der Waals surface area contributed by atoms with Gasteiger partial charge in [0.2, 0.25) is 0 Å². The van der Waals surface area contributed by atoms with Crippen molar-refractivity contribution in [2.75, 3.05) is 7.05 Å². The summed E-state index contributed by atoms with van der Waals surface area (Å²) >= 11 is 3.24. The van der Waals surface area contributed by atoms with E-state index in [1.54, 1.807) is 19.2 Å². The molecule has 1 N–H and O–H groups in total. The van der Waals surface area contributed by atoms with Crippen LogP contribution in [0.2, 0.25) is 0 Å². The van der Waals surface area contributed by atoms with E-state index in [1.165, 1.54) is 24.3 Å². The van der Waals surface area contributed by atoms with Crippen LogP contribution in [0.4, 0.5) is 8.78 Å². The first-order valence-corrected chi connectivity index (χ1v) is 6.46. The largest absolute Gasteiger partial charge is 0.454 e. The number of rotatable bonds is 4. The minimum Gasteiger partial charge on any atom is -0.454 e. The molecule has 0 bridgehead atoms. The molecule has 100 valence electrons. The second kappa shape index (κ2) is 6.12. The molecule has 0 aromatic heterocycles. The molecule has 0 saturated heterocycles. The van der Waals surface area contributed by atoms with Gasteiger partial charge in [-0.3, -0.25) is 0 Å². The minimum atomic E-state index is -0.497. The molecule has 2 aromatic carbocycles. The smallest absolute Gasteiger partial charge is 0.165 e. The van der Waals surface area contributed by atoms with Crippen molar-refractivity contribution in [3.05, 3.63) is 58.1 Å². The first kappa shape index (κ1) is 14.0. The average Bonchev–Trinajstić information content (AvgIpc) is 2.38. The number of hydrogen-bond acceptors (Lipinski definition) is 2. The molecule has 0 spiro atoms. The average molecular weight is 328 g/mol. The molecule has 0 aliphatic heterocycles. The predicted molar refractivity (Wildman–Crippen MR) is 73.3 cm³/mol. The third-order valence-electron chi connectivity index (χ3n) is 2.54. The molecule has 0 fully saturated rings. The van der Waals surface area contributed by atoms with Crippen molar-refractivity contribution in [3.63, 3.8) is 0 Å². The van der Waals surface area contributed by atoms with Crippen LogP contribution in [-0.4, -0.2) is 7.05 Å². The third kappa shape index (κ3) is 3.30. The van der Waals surface area contributed by atoms with Gasteiger partial charge in [0.15, 0.2) is 11.6 Å². The summed E-state index contributed by atoms with van der Waals surface area (Å²) in [7, 11) is 1.70. The molecule has 0 saturated carbocycles. The summed E-state index contributed by atoms with van der Waals surface area (Å²) in [6.07, 6.45) is 0. The molecule has 0 radical (unpaired) electrons. The standard InChI is InChI=1S/C14H12BrF2NO/c1-18-8-10-11(16)3-2-4-13(10)19-14-7-9(15)5-6-12(14)17/h2-7,18H,8H2,1H3. The van der Waals surface area contributed by atoms with Gasteiger partial charge in [-0.25, -0.2) is 8.78 Å². The normalized spacial score (nSPS) is 10.5. The molecule has 0 aliphatic carbocycles. The zero-order valence-corrected chi connectivity index (χ0v) is 11.8. The second-order valence-electron chi connectivity index (χ2n) is 3.92. The molecule has 5 heteroatoms. The molecule has 0 heterocycles. The number of halogens is 3. The second-order valence-corrected chi connectivity index (χ2v) is 4.84. The van der Waals surface area contributed by atoms with Crippen LogP contribution in [0.25, 0.3) is 0 Å². The van der Waals surface area contributed by atoms with Gasteiger partial charge in [-0.2, -0.15) is 0 Å². The van der Waals surface area contributed by atoms with Gasteiger partial charge in [0.25, 0.3) is 0 Å². The number of hydrogen-bond donors (Lipinski definition) is 1. The summed E-state index contributed by atoms with van der Waals surface area (Å²) in [6.45, 7) is 0.303. The van der Waals surface area contributed by atoms with Gasteiger partial charge in [0, 0.05) is 16.6 Å². The first-order chi connectivity index (χ1) is 9.11. The van der Waals surface area contributed by atoms with Gasteiger partial charge >= 0.3 is 0 Å². The van der Waals surface area contributed by atoms with Crippen molar-refractivity contribution in [1.29, 1.82) is 0 Å². The zero-order valence-electron chi connectivity index (χ0n) is 10.2. The fourth-order valence-electron chi connectivity index (χ4n) is 1.66. The Morgan fingerprint density at radius 3 is 2.63 bits per heavy atom. The molecular formula is C14H12BrF2NO. The highest BCUT2D eigenvalue weighted by molar-refractivity contribution is 9.10. The van der Waals surface area contributed by atoms with Crippen LogP contribution < -0.4 is 10.1 Å². The van der Waals surface area contributed by atoms with E-state index in [0.717, 1.165) is 0 Å². The summed E-state index contributed by atoms with van der Waals surface area (Å²) in [5.74, 6) is -0.534. The maximum absolute atomic E-state index is 13.7. The van der Waals surface area contributed by atoms with Crippen LogP contribution in [0.15, 0.2) is 40.9 Å². The third-order valence-corrected chi connectivity index (χ3v) is 3.04. The molecule has 19 heavy (non-hydrogen) atoms. The van der Waals surface area contributed by atoms with Crippen molar-refractivity contribution < 1.29 is 13.5 Å². The van der Waals surface area contributed by atoms with E-state index < -0.39 is 5.82 Å². The zero-order chi connectivity index (χ0) is 13.8. The van der Waals surface area contributed by atoms with Crippen LogP contribution in [0, 0.1) is 11.6 Å². The van der Waals surface area contributed by atoms with Crippen LogP contribution in [0.5, 0.6) is 11.5 Å². The van der Waals surface area contributed by atoms with Crippen molar-refractivity contribution in [3.8, 4) is 11.5 Å². The van der Waals surface area contributed by atoms with Crippen molar-refractivity contribution >= 4 is 15.9 Å². The van der Waals surface area contributed by atoms with E-state index in [9.17, 15) is 8.78 Å². The maximum Gasteiger partial charge on any atom is 0.165 e. The molecule has 0 atom stereocenters. The van der Waals surface area contributed by atoms with Gasteiger partial charge < -0.3 is 10.1 Å². The fraction of sp³-hybridized carbons (Fsp3) is 0.143. The molecule has 2 nitrogen and oxygen atoms in total. The quantitative estimate of drug-likeness (QED) is 0.906. The monoisotopic (exact) mass is 327 g/mol. The summed E-state index contributed by atoms with van der Waals surface area (Å²) in [4.78, 5) is 0. The predicted octanol–water partition coefficient (Wildman–Crippen LogP) is 4.24. The highest BCUT2D eigenvalue weighted by atomic mass is 79.9. The van der Waals surface area contributed by atoms with Gasteiger partial charge in [0.1, 0.15) is 11.6 Å². The van der Waals surface area contributed by atoms with Crippen molar-refractivity contribution in [2.45, 2.75) is 6.54 Å². The van der Waals surface area contributed by atoms with Gasteiger partial charge in [0.05, 0.1) is 0 Å². The molecule has 2 aromatic rings. The van der Waals surface area contributed by atoms with E-state index >= 15 is 0 Å². The number of nitrogens with one attached hydrogen (secondary N) is 1. The van der Waals surface area contributed by atoms with E-state index in [0.29, 0.717) is 22.3 Å². The summed E-state index contributed by atoms with van der Waals surface area (Å²) < 4.78 is 33.5. The summed E-state index contributed by atoms with van der Waals surface area (Å²) in [5, 5.41) is 2.85. The SMILES string of the molecule is CNCc1c(F)cccc1Oc1cc(Br)ccc1F. The summed E-state index contributed by atoms with van der Waals surface area (Å²) in [5.41, 5.74) is 0.365. The Morgan fingerprint density at radius 2 is 1.89 bits per heavy atom. The lowest BCUT2D eigenvalue weighted by Gasteiger charge is -2.12. The van der Waals surface area contributed by atoms with E-state index in [-0.39, 0.29) is 11.6 Å². The Kier molecular flexibility index (Phi) is 4.50. The number of benzene rings is 2. The molecule has 2 rings (SSSR count). The van der Waals surface area contributed by atoms with Crippen molar-refractivity contribution in [2.24, 2.45) is 0 Å². The van der Waals surface area contributed by atoms with Crippen LogP contribution in [-0.2, 0) is 6.54 Å². The highest BCUT2D eigenvalue weighted by Crippen LogP contribution is 2.30. The van der Waals surface area contributed by atoms with Crippen LogP contribution >= 0.6 is 15.9 Å². The van der Waals surface area contributed by atoms with Crippen molar-refractivity contribution in [1.82, 2.24) is 5.32 Å². The van der Waals surface area contributed by atoms with Gasteiger partial charge in [-0.1, -0.05) is 22.0 Å². The molecule has 0 amide bonds. The van der Waals surface area contributed by atoms with E-state index in [4.69, 9.17) is 4.74 Å². The topological polar surface area (TPSA) is 21.3 Å². The molecule has 0 aliphatic rings. The Hall–Kier alpha value is -1.46. The minimum absolute atomic E-state index is 0.0531. The Bertz CT molecular complexity index is 590. The van der Waals surface area contributed by atoms with Gasteiger partial charge in [-0.05, 0) is 37.4 Å². The number of ether oxygens (including phenoxy) is 1. The molecular weight excluding hydrogens is 316 g/mol. The lowest BCUT2D eigenvalue weighted by atomic mass is 10.2. The van der Waals surface area contributed by atoms with Crippen LogP contribution in [0.1, 0.15) is 5.56 Å². The van der Waals surface area contributed by atoms with Crippen LogP contribution in [0.3, 0.4) is 0 Å².